The molecular weight excluding hydrogens is 2160 g/mol. The molecule has 31 unspecified atom stereocenters. The first kappa shape index (κ1) is 114. The van der Waals surface area contributed by atoms with Crippen molar-refractivity contribution in [3.8, 4) is 0 Å². The molecule has 0 amide bonds. The van der Waals surface area contributed by atoms with Crippen molar-refractivity contribution in [1.82, 2.24) is 0 Å². The van der Waals surface area contributed by atoms with Gasteiger partial charge in [0.15, 0.2) is 0 Å². The van der Waals surface area contributed by atoms with Crippen LogP contribution in [0.4, 0.5) is 105 Å². The summed E-state index contributed by atoms with van der Waals surface area (Å²) in [6.07, 6.45) is -46.4. The van der Waals surface area contributed by atoms with Crippen molar-refractivity contribution >= 4 is 144 Å². The van der Waals surface area contributed by atoms with Crippen LogP contribution in [0.25, 0.3) is 0 Å². The van der Waals surface area contributed by atoms with Crippen LogP contribution in [0.15, 0.2) is 0 Å². The maximum absolute atomic E-state index is 13.9. The summed E-state index contributed by atoms with van der Waals surface area (Å²) in [6.45, 7) is 0.480. The van der Waals surface area contributed by atoms with Gasteiger partial charge in [0, 0.05) is 65.6 Å². The Morgan fingerprint density at radius 3 is 0.880 bits per heavy atom. The van der Waals surface area contributed by atoms with Crippen molar-refractivity contribution in [3.05, 3.63) is 0 Å². The van der Waals surface area contributed by atoms with E-state index in [0.717, 1.165) is 26.7 Å². The van der Waals surface area contributed by atoms with Crippen LogP contribution in [-0.2, 0) is 171 Å². The lowest BCUT2D eigenvalue weighted by Gasteiger charge is -2.35. The van der Waals surface area contributed by atoms with Crippen molar-refractivity contribution in [2.24, 2.45) is 107 Å². The van der Waals surface area contributed by atoms with Crippen molar-refractivity contribution < 1.29 is 308 Å². The molecule has 17 aliphatic rings. The van der Waals surface area contributed by atoms with Crippen LogP contribution >= 0.6 is 72.3 Å². The molecule has 142 heavy (non-hydrogen) atoms. The van der Waals surface area contributed by atoms with Gasteiger partial charge < -0.3 is 88.4 Å². The van der Waals surface area contributed by atoms with Gasteiger partial charge in [-0.15, -0.1) is 0 Å². The lowest BCUT2D eigenvalue weighted by Crippen LogP contribution is -2.61. The van der Waals surface area contributed by atoms with E-state index in [1.165, 1.54) is 0 Å². The Morgan fingerprint density at radius 1 is 0.296 bits per heavy atom. The molecule has 11 saturated carbocycles. The molecule has 6 saturated heterocycles. The zero-order chi connectivity index (χ0) is 105. The average Bonchev–Trinajstić information content (AvgIpc) is 1.62. The van der Waals surface area contributed by atoms with Gasteiger partial charge in [0.05, 0.1) is 121 Å². The van der Waals surface area contributed by atoms with Crippen LogP contribution in [-0.4, -0.2) is 218 Å². The first-order valence-corrected chi connectivity index (χ1v) is 45.1. The number of hydrogen-bond acceptors (Lipinski definition) is 48. The highest BCUT2D eigenvalue weighted by molar-refractivity contribution is 7.98. The Labute approximate surface area is 798 Å². The monoisotopic (exact) mass is 2220 g/mol. The highest BCUT2D eigenvalue weighted by Crippen LogP contribution is 2.65. The second-order valence-corrected chi connectivity index (χ2v) is 40.6. The molecule has 72 heteroatoms. The van der Waals surface area contributed by atoms with E-state index in [1.807, 2.05) is 0 Å². The largest absolute Gasteiger partial charge is 0.691 e. The molecule has 0 aromatic carbocycles. The van der Waals surface area contributed by atoms with Crippen LogP contribution in [0.3, 0.4) is 0 Å². The van der Waals surface area contributed by atoms with E-state index in [1.54, 1.807) is 0 Å². The SMILES string of the molecule is CC(F)(SOO[O-])C(=O)OC1C2CC3C(=O)OC1C3C2.CC(F)(SOO[O-])C(=O)OC1C2CC3C(=O)OC1C3C2.O=C1OC2C(COC(=O)C(F)(SOO[O-])C(F)(F)F)C3CC1C2C3.O=C1OC2C(COC(=O)C(SOO[O-])(C(F)(F)F)C(F)(F)F)C3CC1C2C3.O=C1OC2C3CC(CC13)C2OC(=O)C(SOO[O-])(C(F)(F)F)C(F)(F)F.O=C1OC2CC1CCC2OC(=O)C(SOO[O-])(C(F)(F)F)C(F)(F)F. The molecule has 17 fully saturated rings. The molecule has 31 atom stereocenters. The van der Waals surface area contributed by atoms with E-state index >= 15 is 0 Å². The molecule has 11 aliphatic carbocycles. The van der Waals surface area contributed by atoms with Crippen LogP contribution < -0.4 is 31.5 Å². The van der Waals surface area contributed by atoms with Crippen molar-refractivity contribution in [2.75, 3.05) is 13.2 Å². The van der Waals surface area contributed by atoms with Crippen LogP contribution in [0.5, 0.6) is 0 Å². The molecule has 42 nitrogen and oxygen atoms in total. The maximum Gasteiger partial charge on any atom is 0.446 e. The fraction of sp³-hybridized carbons (Fsp3) is 0.829. The van der Waals surface area contributed by atoms with Gasteiger partial charge >= 0.3 is 134 Å². The third-order valence-corrected chi connectivity index (χ3v) is 32.4. The minimum Gasteiger partial charge on any atom is -0.691 e. The Bertz CT molecular complexity index is 4520. The van der Waals surface area contributed by atoms with Gasteiger partial charge in [0.2, 0.25) is 0 Å². The number of carbonyl (C=O) groups is 12. The third kappa shape index (κ3) is 21.5. The van der Waals surface area contributed by atoms with Gasteiger partial charge in [-0.25, -0.2) is 41.9 Å². The lowest BCUT2D eigenvalue weighted by atomic mass is 9.83. The number of esters is 12. The zero-order valence-corrected chi connectivity index (χ0v) is 74.8. The Balaban J connectivity index is 0.000000153. The van der Waals surface area contributed by atoms with E-state index in [-0.39, 0.29) is 145 Å². The number of halogens is 24. The summed E-state index contributed by atoms with van der Waals surface area (Å²) in [7, 11) is 0. The minimum absolute atomic E-state index is 0.0166. The first-order valence-electron chi connectivity index (χ1n) is 40.7. The van der Waals surface area contributed by atoms with Gasteiger partial charge in [-0.2, -0.15) is 118 Å². The molecule has 12 bridgehead atoms. The molecule has 0 N–H and O–H groups in total. The van der Waals surface area contributed by atoms with Crippen LogP contribution in [0, 0.1) is 107 Å². The summed E-state index contributed by atoms with van der Waals surface area (Å²) in [4.78, 5) is 140. The predicted molar refractivity (Wildman–Crippen MR) is 376 cm³/mol. The van der Waals surface area contributed by atoms with Crippen molar-refractivity contribution in [2.45, 2.75) is 231 Å². The fourth-order valence-electron chi connectivity index (χ4n) is 21.3. The number of carbonyl (C=O) groups excluding carboxylic acids is 12. The summed E-state index contributed by atoms with van der Waals surface area (Å²) in [6, 6.07) is 0. The van der Waals surface area contributed by atoms with E-state index in [9.17, 15) is 194 Å². The molecule has 6 aliphatic heterocycles. The molecular formula is C70H64F24O42S6-6. The fourth-order valence-corrected chi connectivity index (χ4v) is 23.5. The number of alkyl halides is 24. The molecule has 0 aromatic heterocycles. The second kappa shape index (κ2) is 42.8. The van der Waals surface area contributed by atoms with E-state index in [0.29, 0.717) is 38.5 Å². The Kier molecular flexibility index (Phi) is 34.3. The average molecular weight is 2230 g/mol. The van der Waals surface area contributed by atoms with Gasteiger partial charge in [0.1, 0.15) is 61.0 Å². The van der Waals surface area contributed by atoms with Gasteiger partial charge in [-0.1, -0.05) is 0 Å². The molecule has 0 radical (unpaired) electrons. The van der Waals surface area contributed by atoms with Crippen LogP contribution in [0.1, 0.15) is 97.3 Å². The lowest BCUT2D eigenvalue weighted by molar-refractivity contribution is -0.777. The first-order chi connectivity index (χ1) is 65.9. The number of hydrogen-bond donors (Lipinski definition) is 0. The summed E-state index contributed by atoms with van der Waals surface area (Å²) < 4.78 is 380. The van der Waals surface area contributed by atoms with Gasteiger partial charge in [0.25, 0.3) is 10.0 Å². The standard InChI is InChI=1S/C13H12F6O7S.C12H10F6O7S.C12H12F4O7S.C11H10F6O7S.2C11H13FO7S/c14-12(15,16)11(13(17,18)19,27-26-25-22)10(21)23-3-7-4-1-5-6(2-4)9(20)24-8(5)7;13-11(14,15)10(12(16,17)18,26-25-24-21)9(20)23-6-3-1-4-5(2-3)8(19)22-7(4)6;13-11(12(14,15)16,24-23-22-19)10(18)20-3-7-4-1-5-6(2-4)9(17)21-8(5)7;12-10(13,14)9(11(15,16)17,25-24-23-20)8(19)22-5-2-1-4-3-6(5)21-7(4)18;2*1-11(12,20-19-18-15)10(14)17-7-4-2-5-6(3-4)9(13)16-8(5)7/h4-8,22H,1-3H2;3-7,21H,1-2H2;4-8,19H,1-3H2;4-6,20H,1-3H2;2*4-8,15H,2-3H2,1H3/p-6. The van der Waals surface area contributed by atoms with Gasteiger partial charge in [-0.05, 0) is 103 Å². The number of rotatable bonds is 32. The maximum atomic E-state index is 13.9. The Hall–Kier alpha value is -6.66. The summed E-state index contributed by atoms with van der Waals surface area (Å²) >= 11 is -5.94. The Morgan fingerprint density at radius 2 is 0.563 bits per heavy atom. The molecule has 0 aromatic rings. The summed E-state index contributed by atoms with van der Waals surface area (Å²) in [5.41, 5.74) is 0. The van der Waals surface area contributed by atoms with Crippen molar-refractivity contribution in [1.29, 1.82) is 0 Å². The van der Waals surface area contributed by atoms with E-state index < -0.39 is 284 Å². The number of ether oxygens (including phenoxy) is 12. The highest BCUT2D eigenvalue weighted by atomic mass is 32.2. The van der Waals surface area contributed by atoms with Gasteiger partial charge in [-0.3, -0.25) is 59.0 Å². The normalized spacial score (nSPS) is 34.7. The van der Waals surface area contributed by atoms with Crippen LogP contribution in [0.2, 0.25) is 0 Å². The third-order valence-electron chi connectivity index (χ3n) is 27.5. The molecule has 806 valence electrons. The summed E-state index contributed by atoms with van der Waals surface area (Å²) in [5, 5.41) is 64.7. The smallest absolute Gasteiger partial charge is 0.446 e. The summed E-state index contributed by atoms with van der Waals surface area (Å²) in [5.74, 6) is -19.6. The highest BCUT2D eigenvalue weighted by Gasteiger charge is 2.83. The van der Waals surface area contributed by atoms with E-state index in [2.05, 4.69) is 75.2 Å². The molecule has 0 spiro atoms. The molecule has 17 rings (SSSR count). The minimum atomic E-state index is -6.23. The van der Waals surface area contributed by atoms with E-state index in [4.69, 9.17) is 37.9 Å². The quantitative estimate of drug-likeness (QED) is 0.0215. The topological polar surface area (TPSA) is 565 Å². The molecule has 6 heterocycles. The number of fused-ring (bicyclic) bond motifs is 7. The second-order valence-electron chi connectivity index (χ2n) is 34.9. The van der Waals surface area contributed by atoms with Crippen molar-refractivity contribution in [3.63, 3.8) is 0 Å². The predicted octanol–water partition coefficient (Wildman–Crippen LogP) is 4.94. The zero-order valence-electron chi connectivity index (χ0n) is 69.9.